The quantitative estimate of drug-likeness (QED) is 0.578. The van der Waals surface area contributed by atoms with Gasteiger partial charge in [0.1, 0.15) is 0 Å². The predicted octanol–water partition coefficient (Wildman–Crippen LogP) is 1.45. The third-order valence-corrected chi connectivity index (χ3v) is 1.63. The van der Waals surface area contributed by atoms with E-state index in [0.717, 1.165) is 11.3 Å². The fraction of sp³-hybridized carbons (Fsp3) is 0. The zero-order chi connectivity index (χ0) is 8.39. The van der Waals surface area contributed by atoms with Crippen LogP contribution in [0.3, 0.4) is 0 Å². The summed E-state index contributed by atoms with van der Waals surface area (Å²) in [5.41, 5.74) is 2.32. The molecule has 0 aromatic rings. The Morgan fingerprint density at radius 3 is 3.08 bits per heavy atom. The van der Waals surface area contributed by atoms with Gasteiger partial charge in [0.15, 0.2) is 0 Å². The summed E-state index contributed by atoms with van der Waals surface area (Å²) in [5, 5.41) is 16.3. The van der Waals surface area contributed by atoms with Gasteiger partial charge in [-0.1, -0.05) is 12.1 Å². The number of nitriles is 1. The molecule has 0 unspecified atom stereocenters. The van der Waals surface area contributed by atoms with Gasteiger partial charge in [-0.25, -0.2) is 0 Å². The van der Waals surface area contributed by atoms with Crippen LogP contribution in [0.25, 0.3) is 11.3 Å². The average Bonchev–Trinajstić information content (AvgIpc) is 2.43. The minimum Gasteiger partial charge on any atom is -0.192 e. The van der Waals surface area contributed by atoms with Crippen LogP contribution in [0.1, 0.15) is 5.56 Å². The first-order valence-corrected chi connectivity index (χ1v) is 3.52. The Bertz CT molecular complexity index is 417. The molecule has 12 heavy (non-hydrogen) atoms. The van der Waals surface area contributed by atoms with E-state index in [1.54, 1.807) is 18.3 Å². The van der Waals surface area contributed by atoms with E-state index in [-0.39, 0.29) is 0 Å². The van der Waals surface area contributed by atoms with Crippen molar-refractivity contribution in [1.29, 1.82) is 5.26 Å². The molecule has 0 amide bonds. The van der Waals surface area contributed by atoms with Crippen LogP contribution in [0, 0.1) is 11.3 Å². The van der Waals surface area contributed by atoms with E-state index in [9.17, 15) is 0 Å². The van der Waals surface area contributed by atoms with Crippen molar-refractivity contribution in [3.8, 4) is 17.3 Å². The first-order chi connectivity index (χ1) is 5.90. The van der Waals surface area contributed by atoms with Crippen LogP contribution in [0.5, 0.6) is 0 Å². The molecule has 1 heterocycles. The number of aromatic nitrogens is 2. The van der Waals surface area contributed by atoms with Gasteiger partial charge in [0.25, 0.3) is 0 Å². The van der Waals surface area contributed by atoms with Crippen LogP contribution >= 0.6 is 0 Å². The molecule has 0 fully saturated rings. The van der Waals surface area contributed by atoms with E-state index < -0.39 is 0 Å². The molecule has 3 heteroatoms. The highest BCUT2D eigenvalue weighted by Crippen LogP contribution is 2.16. The van der Waals surface area contributed by atoms with Crippen molar-refractivity contribution in [2.24, 2.45) is 0 Å². The van der Waals surface area contributed by atoms with Crippen molar-refractivity contribution in [3.05, 3.63) is 36.0 Å². The van der Waals surface area contributed by atoms with Gasteiger partial charge in [-0.3, -0.25) is 0 Å². The molecule has 0 radical (unpaired) electrons. The third-order valence-electron chi connectivity index (χ3n) is 1.63. The second kappa shape index (κ2) is 2.59. The lowest BCUT2D eigenvalue weighted by molar-refractivity contribution is 1.10. The Kier molecular flexibility index (Phi) is 1.45. The topological polar surface area (TPSA) is 49.6 Å². The largest absolute Gasteiger partial charge is 0.192 e. The molecular formula is C9H5N3. The molecule has 1 aliphatic carbocycles. The fourth-order valence-electron chi connectivity index (χ4n) is 1.04. The van der Waals surface area contributed by atoms with Gasteiger partial charge in [0.05, 0.1) is 23.5 Å². The fourth-order valence-corrected chi connectivity index (χ4v) is 1.04. The first kappa shape index (κ1) is 6.74. The number of hydrogen-bond donors (Lipinski definition) is 0. The van der Waals surface area contributed by atoms with Crippen LogP contribution < -0.4 is 0 Å². The summed E-state index contributed by atoms with van der Waals surface area (Å²) in [7, 11) is 0. The number of nitrogens with zero attached hydrogens (tertiary/aromatic N) is 3. The molecule has 0 atom stereocenters. The molecule has 56 valence electrons. The van der Waals surface area contributed by atoms with E-state index in [0.29, 0.717) is 5.56 Å². The Balaban J connectivity index is 2.71. The molecular weight excluding hydrogens is 150 g/mol. The summed E-state index contributed by atoms with van der Waals surface area (Å²) in [5.74, 6) is 0. The van der Waals surface area contributed by atoms with Crippen molar-refractivity contribution in [2.75, 3.05) is 0 Å². The Morgan fingerprint density at radius 2 is 2.25 bits per heavy atom. The zero-order valence-corrected chi connectivity index (χ0v) is 6.23. The number of rotatable bonds is 0. The lowest BCUT2D eigenvalue weighted by Crippen LogP contribution is -1.71. The summed E-state index contributed by atoms with van der Waals surface area (Å²) in [4.78, 5) is 0. The maximum absolute atomic E-state index is 8.65. The molecule has 0 bridgehead atoms. The summed E-state index contributed by atoms with van der Waals surface area (Å²) in [6.07, 6.45) is 1.68. The maximum atomic E-state index is 8.65. The van der Waals surface area contributed by atoms with Crippen LogP contribution in [0.2, 0.25) is 0 Å². The van der Waals surface area contributed by atoms with Crippen LogP contribution in [-0.2, 0) is 0 Å². The molecule has 3 nitrogen and oxygen atoms in total. The van der Waals surface area contributed by atoms with E-state index in [1.165, 1.54) is 0 Å². The van der Waals surface area contributed by atoms with Gasteiger partial charge in [0, 0.05) is 5.56 Å². The van der Waals surface area contributed by atoms with Crippen molar-refractivity contribution in [1.82, 2.24) is 10.2 Å². The molecule has 1 aliphatic heterocycles. The van der Waals surface area contributed by atoms with Gasteiger partial charge >= 0.3 is 0 Å². The number of hydrogen-bond acceptors (Lipinski definition) is 3. The van der Waals surface area contributed by atoms with Gasteiger partial charge in [0.2, 0.25) is 0 Å². The molecule has 2 aliphatic rings. The van der Waals surface area contributed by atoms with E-state index in [2.05, 4.69) is 16.3 Å². The highest BCUT2D eigenvalue weighted by molar-refractivity contribution is 5.60. The monoisotopic (exact) mass is 155 g/mol. The van der Waals surface area contributed by atoms with Crippen molar-refractivity contribution in [3.63, 3.8) is 0 Å². The molecule has 0 spiro atoms. The normalized spacial score (nSPS) is 9.58. The molecule has 0 saturated carbocycles. The lowest BCUT2D eigenvalue weighted by Gasteiger charge is -1.82. The molecule has 0 aromatic heterocycles. The zero-order valence-electron chi connectivity index (χ0n) is 6.23. The first-order valence-electron chi connectivity index (χ1n) is 3.52. The minimum atomic E-state index is 0.602. The summed E-state index contributed by atoms with van der Waals surface area (Å²) in [6, 6.07) is 9.25. The van der Waals surface area contributed by atoms with Crippen LogP contribution in [0.15, 0.2) is 30.5 Å². The van der Waals surface area contributed by atoms with Gasteiger partial charge in [-0.15, -0.1) is 0 Å². The third kappa shape index (κ3) is 0.995. The highest BCUT2D eigenvalue weighted by Gasteiger charge is 2.02. The van der Waals surface area contributed by atoms with E-state index in [4.69, 9.17) is 5.26 Å². The summed E-state index contributed by atoms with van der Waals surface area (Å²) < 4.78 is 0. The standard InChI is InChI=1S/C9H5N3/c10-5-7-2-1-3-8-6-11-12-9(8)4-7/h1-4,6H. The predicted molar refractivity (Wildman–Crippen MR) is 43.4 cm³/mol. The highest BCUT2D eigenvalue weighted by atomic mass is 15.1. The summed E-state index contributed by atoms with van der Waals surface area (Å²) in [6.45, 7) is 0. The van der Waals surface area contributed by atoms with Crippen molar-refractivity contribution >= 4 is 0 Å². The van der Waals surface area contributed by atoms with E-state index in [1.807, 2.05) is 12.1 Å². The second-order valence-electron chi connectivity index (χ2n) is 2.42. The molecule has 2 rings (SSSR count). The molecule has 0 aromatic carbocycles. The maximum Gasteiger partial charge on any atom is 0.0992 e. The number of fused-ring (bicyclic) bond motifs is 1. The van der Waals surface area contributed by atoms with E-state index >= 15 is 0 Å². The van der Waals surface area contributed by atoms with Crippen molar-refractivity contribution < 1.29 is 0 Å². The van der Waals surface area contributed by atoms with Crippen LogP contribution in [-0.4, -0.2) is 10.2 Å². The molecule has 0 saturated heterocycles. The second-order valence-corrected chi connectivity index (χ2v) is 2.42. The molecule has 0 N–H and O–H groups in total. The Hall–Kier alpha value is -1.95. The van der Waals surface area contributed by atoms with Gasteiger partial charge < -0.3 is 0 Å². The summed E-state index contributed by atoms with van der Waals surface area (Å²) >= 11 is 0. The van der Waals surface area contributed by atoms with Gasteiger partial charge in [-0.2, -0.15) is 15.5 Å². The van der Waals surface area contributed by atoms with Gasteiger partial charge in [-0.05, 0) is 12.1 Å². The smallest absolute Gasteiger partial charge is 0.0992 e. The van der Waals surface area contributed by atoms with Crippen LogP contribution in [0.4, 0.5) is 0 Å². The average molecular weight is 155 g/mol. The Morgan fingerprint density at radius 1 is 1.33 bits per heavy atom. The SMILES string of the molecule is N#Cc1cccc2cnnc-2c1. The van der Waals surface area contributed by atoms with Crippen molar-refractivity contribution in [2.45, 2.75) is 0 Å². The lowest BCUT2D eigenvalue weighted by atomic mass is 10.2. The Labute approximate surface area is 69.6 Å². The minimum absolute atomic E-state index is 0.602.